The second-order valence-corrected chi connectivity index (χ2v) is 7.64. The number of nitrogens with one attached hydrogen (secondary N) is 4. The minimum atomic E-state index is -1.21. The SMILES string of the molecule is N=C(N)Nc1cccc(C(=O)NCC(=O)N[C@H](CC(=O)O)c2cc(Cl)cc(Br)c2O)c1. The molecule has 8 N–H and O–H groups in total. The highest BCUT2D eigenvalue weighted by Gasteiger charge is 2.23. The molecule has 0 unspecified atom stereocenters. The zero-order valence-electron chi connectivity index (χ0n) is 15.9. The van der Waals surface area contributed by atoms with Gasteiger partial charge >= 0.3 is 5.97 Å². The van der Waals surface area contributed by atoms with Crippen LogP contribution in [0.5, 0.6) is 5.75 Å². The van der Waals surface area contributed by atoms with Crippen molar-refractivity contribution in [1.29, 1.82) is 5.41 Å². The third-order valence-electron chi connectivity index (χ3n) is 3.96. The summed E-state index contributed by atoms with van der Waals surface area (Å²) in [5.41, 5.74) is 6.01. The van der Waals surface area contributed by atoms with Crippen molar-refractivity contribution in [2.24, 2.45) is 5.73 Å². The summed E-state index contributed by atoms with van der Waals surface area (Å²) >= 11 is 9.09. The molecule has 10 nitrogen and oxygen atoms in total. The van der Waals surface area contributed by atoms with E-state index >= 15 is 0 Å². The van der Waals surface area contributed by atoms with Gasteiger partial charge in [-0.1, -0.05) is 17.7 Å². The summed E-state index contributed by atoms with van der Waals surface area (Å²) in [5.74, 6) is -3.00. The summed E-state index contributed by atoms with van der Waals surface area (Å²) in [6.07, 6.45) is -0.515. The molecule has 0 saturated carbocycles. The highest BCUT2D eigenvalue weighted by atomic mass is 79.9. The van der Waals surface area contributed by atoms with Crippen molar-refractivity contribution in [2.45, 2.75) is 12.5 Å². The average Bonchev–Trinajstić information content (AvgIpc) is 2.67. The Hall–Kier alpha value is -3.31. The van der Waals surface area contributed by atoms with E-state index in [4.69, 9.17) is 27.9 Å². The molecule has 2 aromatic rings. The molecule has 0 spiro atoms. The number of aromatic hydroxyl groups is 1. The van der Waals surface area contributed by atoms with Gasteiger partial charge in [0.25, 0.3) is 5.91 Å². The highest BCUT2D eigenvalue weighted by Crippen LogP contribution is 2.36. The quantitative estimate of drug-likeness (QED) is 0.209. The van der Waals surface area contributed by atoms with Gasteiger partial charge < -0.3 is 31.9 Å². The Morgan fingerprint density at radius 1 is 1.23 bits per heavy atom. The lowest BCUT2D eigenvalue weighted by atomic mass is 10.0. The Balaban J connectivity index is 2.07. The van der Waals surface area contributed by atoms with E-state index in [2.05, 4.69) is 31.9 Å². The van der Waals surface area contributed by atoms with Crippen molar-refractivity contribution in [2.75, 3.05) is 11.9 Å². The van der Waals surface area contributed by atoms with Crippen LogP contribution in [0.15, 0.2) is 40.9 Å². The monoisotopic (exact) mass is 511 g/mol. The topological polar surface area (TPSA) is 178 Å². The van der Waals surface area contributed by atoms with Gasteiger partial charge in [0.2, 0.25) is 5.91 Å². The number of nitrogens with two attached hydrogens (primary N) is 1. The number of benzene rings is 2. The highest BCUT2D eigenvalue weighted by molar-refractivity contribution is 9.10. The van der Waals surface area contributed by atoms with Crippen LogP contribution in [0.1, 0.15) is 28.4 Å². The summed E-state index contributed by atoms with van der Waals surface area (Å²) in [5, 5.41) is 34.3. The molecular weight excluding hydrogens is 494 g/mol. The fraction of sp³-hybridized carbons (Fsp3) is 0.158. The molecule has 0 aliphatic rings. The zero-order valence-corrected chi connectivity index (χ0v) is 18.3. The van der Waals surface area contributed by atoms with Crippen LogP contribution in [-0.2, 0) is 9.59 Å². The number of guanidine groups is 1. The first kappa shape index (κ1) is 24.0. The first-order valence-electron chi connectivity index (χ1n) is 8.75. The number of hydrogen-bond donors (Lipinski definition) is 7. The van der Waals surface area contributed by atoms with E-state index in [1.54, 1.807) is 12.1 Å². The number of carbonyl (C=O) groups excluding carboxylic acids is 2. The smallest absolute Gasteiger partial charge is 0.305 e. The van der Waals surface area contributed by atoms with Crippen LogP contribution < -0.4 is 21.7 Å². The van der Waals surface area contributed by atoms with Crippen molar-refractivity contribution in [1.82, 2.24) is 10.6 Å². The van der Waals surface area contributed by atoms with Gasteiger partial charge in [-0.25, -0.2) is 0 Å². The fourth-order valence-corrected chi connectivity index (χ4v) is 3.50. The molecule has 0 bridgehead atoms. The van der Waals surface area contributed by atoms with Crippen LogP contribution in [0.3, 0.4) is 0 Å². The minimum absolute atomic E-state index is 0.115. The number of carboxylic acid groups (broad SMARTS) is 1. The van der Waals surface area contributed by atoms with E-state index in [0.717, 1.165) is 0 Å². The number of carbonyl (C=O) groups is 3. The number of halogens is 2. The zero-order chi connectivity index (χ0) is 23.1. The minimum Gasteiger partial charge on any atom is -0.506 e. The van der Waals surface area contributed by atoms with Gasteiger partial charge in [-0.05, 0) is 46.3 Å². The van der Waals surface area contributed by atoms with Crippen LogP contribution >= 0.6 is 27.5 Å². The van der Waals surface area contributed by atoms with Gasteiger partial charge in [0, 0.05) is 21.8 Å². The Bertz CT molecular complexity index is 1030. The molecule has 1 atom stereocenters. The number of hydrogen-bond acceptors (Lipinski definition) is 5. The molecule has 12 heteroatoms. The molecular formula is C19H19BrClN5O5. The number of carboxylic acids is 1. The summed E-state index contributed by atoms with van der Waals surface area (Å²) < 4.78 is 0.243. The predicted molar refractivity (Wildman–Crippen MR) is 118 cm³/mol. The molecule has 0 heterocycles. The second-order valence-electron chi connectivity index (χ2n) is 6.35. The summed E-state index contributed by atoms with van der Waals surface area (Å²) in [4.78, 5) is 35.9. The van der Waals surface area contributed by atoms with E-state index in [1.165, 1.54) is 24.3 Å². The number of phenols is 1. The molecule has 0 saturated heterocycles. The lowest BCUT2D eigenvalue weighted by Crippen LogP contribution is -2.39. The first-order valence-corrected chi connectivity index (χ1v) is 9.92. The van der Waals surface area contributed by atoms with Crippen LogP contribution in [-0.4, -0.2) is 40.5 Å². The molecule has 0 aliphatic carbocycles. The van der Waals surface area contributed by atoms with Gasteiger partial charge in [0.1, 0.15) is 5.75 Å². The molecule has 0 fully saturated rings. The summed E-state index contributed by atoms with van der Waals surface area (Å²) in [6, 6.07) is 7.83. The number of phenolic OH excluding ortho intramolecular Hbond substituents is 1. The Kier molecular flexibility index (Phi) is 8.22. The van der Waals surface area contributed by atoms with Gasteiger partial charge in [-0.15, -0.1) is 0 Å². The lowest BCUT2D eigenvalue weighted by molar-refractivity contribution is -0.137. The summed E-state index contributed by atoms with van der Waals surface area (Å²) in [6.45, 7) is -0.443. The molecule has 0 radical (unpaired) electrons. The third kappa shape index (κ3) is 7.15. The van der Waals surface area contributed by atoms with Crippen LogP contribution in [0, 0.1) is 5.41 Å². The molecule has 2 aromatic carbocycles. The van der Waals surface area contributed by atoms with Crippen molar-refractivity contribution in [3.63, 3.8) is 0 Å². The third-order valence-corrected chi connectivity index (χ3v) is 4.78. The molecule has 0 aromatic heterocycles. The number of amides is 2. The van der Waals surface area contributed by atoms with E-state index < -0.39 is 36.8 Å². The molecule has 2 amide bonds. The second kappa shape index (κ2) is 10.6. The molecule has 31 heavy (non-hydrogen) atoms. The van der Waals surface area contributed by atoms with Crippen molar-refractivity contribution in [3.05, 3.63) is 57.0 Å². The Labute approximate surface area is 190 Å². The normalized spacial score (nSPS) is 11.3. The maximum Gasteiger partial charge on any atom is 0.305 e. The van der Waals surface area contributed by atoms with E-state index in [0.29, 0.717) is 5.69 Å². The Morgan fingerprint density at radius 3 is 2.58 bits per heavy atom. The van der Waals surface area contributed by atoms with Crippen molar-refractivity contribution < 1.29 is 24.6 Å². The van der Waals surface area contributed by atoms with Gasteiger partial charge in [0.15, 0.2) is 5.96 Å². The van der Waals surface area contributed by atoms with E-state index in [1.807, 2.05) is 0 Å². The summed E-state index contributed by atoms with van der Waals surface area (Å²) in [7, 11) is 0. The van der Waals surface area contributed by atoms with Crippen LogP contribution in [0.2, 0.25) is 5.02 Å². The Morgan fingerprint density at radius 2 is 1.94 bits per heavy atom. The fourth-order valence-electron chi connectivity index (χ4n) is 2.67. The van der Waals surface area contributed by atoms with Crippen molar-refractivity contribution >= 4 is 57.0 Å². The van der Waals surface area contributed by atoms with Gasteiger partial charge in [-0.3, -0.25) is 19.8 Å². The largest absolute Gasteiger partial charge is 0.506 e. The number of rotatable bonds is 8. The van der Waals surface area contributed by atoms with E-state index in [9.17, 15) is 19.5 Å². The molecule has 0 aliphatic heterocycles. The van der Waals surface area contributed by atoms with Crippen molar-refractivity contribution in [3.8, 4) is 5.75 Å². The standard InChI is InChI=1S/C19H19BrClN5O5/c20-13-6-10(21)5-12(17(13)30)14(7-16(28)29)26-15(27)8-24-18(31)9-2-1-3-11(4-9)25-19(22)23/h1-6,14,30H,7-8H2,(H,24,31)(H,26,27)(H,28,29)(H4,22,23,25)/t14-/m1/s1. The number of anilines is 1. The predicted octanol–water partition coefficient (Wildman–Crippen LogP) is 2.18. The average molecular weight is 513 g/mol. The van der Waals surface area contributed by atoms with E-state index in [-0.39, 0.29) is 32.3 Å². The van der Waals surface area contributed by atoms with Crippen LogP contribution in [0.4, 0.5) is 5.69 Å². The van der Waals surface area contributed by atoms with Gasteiger partial charge in [-0.2, -0.15) is 0 Å². The maximum absolute atomic E-state index is 12.3. The molecule has 164 valence electrons. The maximum atomic E-state index is 12.3. The number of aliphatic carboxylic acids is 1. The first-order chi connectivity index (χ1) is 14.6. The van der Waals surface area contributed by atoms with Crippen LogP contribution in [0.25, 0.3) is 0 Å². The molecule has 2 rings (SSSR count). The lowest BCUT2D eigenvalue weighted by Gasteiger charge is -2.20. The van der Waals surface area contributed by atoms with Gasteiger partial charge in [0.05, 0.1) is 23.5 Å².